The number of likely N-dealkylation sites (N-methyl/N-ethyl adjacent to an activating group) is 1. The predicted octanol–water partition coefficient (Wildman–Crippen LogP) is 3.54. The van der Waals surface area contributed by atoms with Crippen molar-refractivity contribution in [1.82, 2.24) is 10.2 Å². The van der Waals surface area contributed by atoms with E-state index in [0.29, 0.717) is 12.6 Å². The molecule has 0 saturated carbocycles. The lowest BCUT2D eigenvalue weighted by Gasteiger charge is -2.26. The van der Waals surface area contributed by atoms with Gasteiger partial charge in [0.1, 0.15) is 17.1 Å². The molecule has 1 aromatic carbocycles. The summed E-state index contributed by atoms with van der Waals surface area (Å²) in [7, 11) is 0. The normalized spacial score (nSPS) is 15.1. The van der Waals surface area contributed by atoms with E-state index in [9.17, 15) is 4.79 Å². The van der Waals surface area contributed by atoms with Gasteiger partial charge in [-0.3, -0.25) is 9.69 Å². The number of furan rings is 1. The second-order valence-electron chi connectivity index (χ2n) is 7.03. The lowest BCUT2D eigenvalue weighted by molar-refractivity contribution is -0.123. The average Bonchev–Trinajstić information content (AvgIpc) is 3.03. The molecule has 0 bridgehead atoms. The molecule has 0 fully saturated rings. The van der Waals surface area contributed by atoms with Crippen molar-refractivity contribution >= 4 is 16.9 Å². The molecule has 1 N–H and O–H groups in total. The maximum atomic E-state index is 12.1. The van der Waals surface area contributed by atoms with Crippen LogP contribution in [0.15, 0.2) is 22.6 Å². The molecule has 0 spiro atoms. The van der Waals surface area contributed by atoms with Gasteiger partial charge in [-0.1, -0.05) is 13.8 Å². The Bertz CT molecular complexity index is 749. The Labute approximate surface area is 155 Å². The topological polar surface area (TPSA) is 54.7 Å². The summed E-state index contributed by atoms with van der Waals surface area (Å²) in [6.45, 7) is 9.04. The molecule has 2 aromatic rings. The van der Waals surface area contributed by atoms with E-state index in [1.165, 1.54) is 18.4 Å². The van der Waals surface area contributed by atoms with Crippen LogP contribution in [0.1, 0.15) is 44.9 Å². The van der Waals surface area contributed by atoms with E-state index in [0.717, 1.165) is 48.4 Å². The molecule has 0 radical (unpaired) electrons. The first-order valence-electron chi connectivity index (χ1n) is 9.80. The Morgan fingerprint density at radius 1 is 1.27 bits per heavy atom. The highest BCUT2D eigenvalue weighted by Crippen LogP contribution is 2.33. The molecule has 1 atom stereocenters. The molecule has 142 valence electrons. The molecule has 1 unspecified atom stereocenters. The van der Waals surface area contributed by atoms with Crippen molar-refractivity contribution in [2.45, 2.75) is 52.5 Å². The first kappa shape index (κ1) is 18.8. The number of aryl methyl sites for hydroxylation is 2. The monoisotopic (exact) mass is 358 g/mol. The standard InChI is InChI=1S/C21H30N2O3/c1-4-23(5-2)15(3)13-22-21(24)14-25-16-10-11-20-18(12-16)17-8-6-7-9-19(17)26-20/h10-12,15H,4-9,13-14H2,1-3H3,(H,22,24). The summed E-state index contributed by atoms with van der Waals surface area (Å²) in [4.78, 5) is 14.4. The first-order valence-corrected chi connectivity index (χ1v) is 9.80. The van der Waals surface area contributed by atoms with E-state index in [1.807, 2.05) is 18.2 Å². The van der Waals surface area contributed by atoms with Gasteiger partial charge in [0.05, 0.1) is 0 Å². The minimum absolute atomic E-state index is 0.0382. The number of ether oxygens (including phenoxy) is 1. The third kappa shape index (κ3) is 4.21. The number of carbonyl (C=O) groups excluding carboxylic acids is 1. The maximum Gasteiger partial charge on any atom is 0.257 e. The third-order valence-corrected chi connectivity index (χ3v) is 5.33. The first-order chi connectivity index (χ1) is 12.6. The van der Waals surface area contributed by atoms with E-state index in [-0.39, 0.29) is 12.5 Å². The van der Waals surface area contributed by atoms with Crippen molar-refractivity contribution in [2.75, 3.05) is 26.2 Å². The molecule has 26 heavy (non-hydrogen) atoms. The smallest absolute Gasteiger partial charge is 0.257 e. The highest BCUT2D eigenvalue weighted by Gasteiger charge is 2.18. The van der Waals surface area contributed by atoms with Crippen molar-refractivity contribution in [1.29, 1.82) is 0 Å². The van der Waals surface area contributed by atoms with Crippen LogP contribution in [0.4, 0.5) is 0 Å². The van der Waals surface area contributed by atoms with Gasteiger partial charge in [0, 0.05) is 30.0 Å². The average molecular weight is 358 g/mol. The van der Waals surface area contributed by atoms with Crippen molar-refractivity contribution in [2.24, 2.45) is 0 Å². The van der Waals surface area contributed by atoms with Crippen LogP contribution < -0.4 is 10.1 Å². The zero-order valence-corrected chi connectivity index (χ0v) is 16.1. The van der Waals surface area contributed by atoms with Crippen LogP contribution in [0.5, 0.6) is 5.75 Å². The second kappa shape index (κ2) is 8.58. The van der Waals surface area contributed by atoms with Gasteiger partial charge in [-0.15, -0.1) is 0 Å². The molecule has 0 saturated heterocycles. The summed E-state index contributed by atoms with van der Waals surface area (Å²) in [6, 6.07) is 6.16. The molecule has 1 heterocycles. The van der Waals surface area contributed by atoms with Crippen molar-refractivity contribution < 1.29 is 13.9 Å². The van der Waals surface area contributed by atoms with E-state index >= 15 is 0 Å². The SMILES string of the molecule is CCN(CC)C(C)CNC(=O)COc1ccc2oc3c(c2c1)CCCC3. The van der Waals surface area contributed by atoms with Crippen LogP contribution in [-0.4, -0.2) is 43.1 Å². The van der Waals surface area contributed by atoms with Crippen LogP contribution in [0.3, 0.4) is 0 Å². The van der Waals surface area contributed by atoms with Crippen LogP contribution in [0.25, 0.3) is 11.0 Å². The summed E-state index contributed by atoms with van der Waals surface area (Å²) in [5.74, 6) is 1.75. The summed E-state index contributed by atoms with van der Waals surface area (Å²) in [5, 5.41) is 4.09. The zero-order chi connectivity index (χ0) is 18.5. The molecular weight excluding hydrogens is 328 g/mol. The van der Waals surface area contributed by atoms with Gasteiger partial charge in [0.2, 0.25) is 0 Å². The summed E-state index contributed by atoms with van der Waals surface area (Å²) in [6.07, 6.45) is 4.49. The van der Waals surface area contributed by atoms with Crippen molar-refractivity contribution in [3.8, 4) is 5.75 Å². The molecule has 1 aromatic heterocycles. The highest BCUT2D eigenvalue weighted by atomic mass is 16.5. The Morgan fingerprint density at radius 3 is 2.81 bits per heavy atom. The van der Waals surface area contributed by atoms with Gasteiger partial charge < -0.3 is 14.5 Å². The summed E-state index contributed by atoms with van der Waals surface area (Å²) < 4.78 is 11.7. The molecule has 1 amide bonds. The van der Waals surface area contributed by atoms with Gasteiger partial charge in [-0.25, -0.2) is 0 Å². The predicted molar refractivity (Wildman–Crippen MR) is 104 cm³/mol. The van der Waals surface area contributed by atoms with Crippen LogP contribution >= 0.6 is 0 Å². The molecule has 1 aliphatic rings. The molecule has 5 heteroatoms. The van der Waals surface area contributed by atoms with E-state index in [2.05, 4.69) is 31.0 Å². The Morgan fingerprint density at radius 2 is 2.04 bits per heavy atom. The lowest BCUT2D eigenvalue weighted by atomic mass is 9.96. The number of nitrogens with zero attached hydrogens (tertiary/aromatic N) is 1. The number of nitrogens with one attached hydrogen (secondary N) is 1. The Hall–Kier alpha value is -2.01. The summed E-state index contributed by atoms with van der Waals surface area (Å²) >= 11 is 0. The van der Waals surface area contributed by atoms with E-state index in [4.69, 9.17) is 9.15 Å². The fourth-order valence-electron chi connectivity index (χ4n) is 3.77. The number of hydrogen-bond donors (Lipinski definition) is 1. The number of hydrogen-bond acceptors (Lipinski definition) is 4. The number of carbonyl (C=O) groups is 1. The number of amides is 1. The Kier molecular flexibility index (Phi) is 6.20. The molecule has 1 aliphatic carbocycles. The largest absolute Gasteiger partial charge is 0.484 e. The van der Waals surface area contributed by atoms with Crippen LogP contribution in [0.2, 0.25) is 0 Å². The van der Waals surface area contributed by atoms with Gasteiger partial charge in [-0.05, 0) is 57.5 Å². The number of fused-ring (bicyclic) bond motifs is 3. The molecule has 5 nitrogen and oxygen atoms in total. The number of benzene rings is 1. The third-order valence-electron chi connectivity index (χ3n) is 5.33. The molecule has 0 aliphatic heterocycles. The van der Waals surface area contributed by atoms with E-state index < -0.39 is 0 Å². The van der Waals surface area contributed by atoms with Crippen LogP contribution in [-0.2, 0) is 17.6 Å². The molecule has 3 rings (SSSR count). The lowest BCUT2D eigenvalue weighted by Crippen LogP contribution is -2.43. The van der Waals surface area contributed by atoms with Gasteiger partial charge >= 0.3 is 0 Å². The quantitative estimate of drug-likeness (QED) is 0.784. The zero-order valence-electron chi connectivity index (χ0n) is 16.1. The minimum atomic E-state index is -0.0849. The summed E-state index contributed by atoms with van der Waals surface area (Å²) in [5.41, 5.74) is 2.23. The number of rotatable bonds is 8. The van der Waals surface area contributed by atoms with Gasteiger partial charge in [0.15, 0.2) is 6.61 Å². The Balaban J connectivity index is 1.55. The van der Waals surface area contributed by atoms with E-state index in [1.54, 1.807) is 0 Å². The van der Waals surface area contributed by atoms with Gasteiger partial charge in [-0.2, -0.15) is 0 Å². The fourth-order valence-corrected chi connectivity index (χ4v) is 3.77. The highest BCUT2D eigenvalue weighted by molar-refractivity contribution is 5.84. The van der Waals surface area contributed by atoms with Crippen molar-refractivity contribution in [3.63, 3.8) is 0 Å². The maximum absolute atomic E-state index is 12.1. The molecular formula is C21H30N2O3. The van der Waals surface area contributed by atoms with Gasteiger partial charge in [0.25, 0.3) is 5.91 Å². The second-order valence-corrected chi connectivity index (χ2v) is 7.03. The van der Waals surface area contributed by atoms with Crippen molar-refractivity contribution in [3.05, 3.63) is 29.5 Å². The minimum Gasteiger partial charge on any atom is -0.484 e. The fraction of sp³-hybridized carbons (Fsp3) is 0.571. The van der Waals surface area contributed by atoms with Crippen LogP contribution in [0, 0.1) is 0 Å².